The van der Waals surface area contributed by atoms with E-state index in [1.165, 1.54) is 6.20 Å². The SMILES string of the molecule is C[C@H]1Oc2ccc(NC(=O)c3cnn(Cc4ccccc4Cl)c3)cc2NC1=O. The van der Waals surface area contributed by atoms with Crippen LogP contribution in [0, 0.1) is 0 Å². The first-order valence-electron chi connectivity index (χ1n) is 8.68. The number of aromatic nitrogens is 2. The molecule has 0 unspecified atom stereocenters. The number of amides is 2. The third-order valence-corrected chi connectivity index (χ3v) is 4.72. The highest BCUT2D eigenvalue weighted by molar-refractivity contribution is 6.31. The topological polar surface area (TPSA) is 85.2 Å². The molecule has 4 rings (SSSR count). The fourth-order valence-corrected chi connectivity index (χ4v) is 3.05. The summed E-state index contributed by atoms with van der Waals surface area (Å²) in [5, 5.41) is 10.4. The molecule has 0 bridgehead atoms. The summed E-state index contributed by atoms with van der Waals surface area (Å²) in [6.45, 7) is 2.14. The maximum atomic E-state index is 12.5. The van der Waals surface area contributed by atoms with Crippen molar-refractivity contribution in [3.63, 3.8) is 0 Å². The average Bonchev–Trinajstić information content (AvgIpc) is 3.14. The molecular weight excluding hydrogens is 380 g/mol. The Hall–Kier alpha value is -3.32. The van der Waals surface area contributed by atoms with E-state index in [9.17, 15) is 9.59 Å². The van der Waals surface area contributed by atoms with E-state index in [0.717, 1.165) is 5.56 Å². The van der Waals surface area contributed by atoms with Gasteiger partial charge in [-0.2, -0.15) is 5.10 Å². The number of carbonyl (C=O) groups excluding carboxylic acids is 2. The molecule has 2 N–H and O–H groups in total. The Labute approximate surface area is 166 Å². The summed E-state index contributed by atoms with van der Waals surface area (Å²) >= 11 is 6.17. The van der Waals surface area contributed by atoms with Gasteiger partial charge in [0.25, 0.3) is 11.8 Å². The number of nitrogens with one attached hydrogen (secondary N) is 2. The smallest absolute Gasteiger partial charge is 0.265 e. The Morgan fingerprint density at radius 3 is 2.96 bits per heavy atom. The Morgan fingerprint density at radius 1 is 1.32 bits per heavy atom. The lowest BCUT2D eigenvalue weighted by Crippen LogP contribution is -2.34. The number of fused-ring (bicyclic) bond motifs is 1. The van der Waals surface area contributed by atoms with E-state index in [2.05, 4.69) is 15.7 Å². The molecule has 3 aromatic rings. The quantitative estimate of drug-likeness (QED) is 0.706. The third kappa shape index (κ3) is 3.70. The first kappa shape index (κ1) is 18.1. The lowest BCUT2D eigenvalue weighted by molar-refractivity contribution is -0.122. The van der Waals surface area contributed by atoms with Crippen LogP contribution in [0.1, 0.15) is 22.8 Å². The molecule has 142 valence electrons. The standard InChI is InChI=1S/C20H17ClN4O3/c1-12-19(26)24-17-8-15(6-7-18(17)28-12)23-20(27)14-9-22-25(11-14)10-13-4-2-3-5-16(13)21/h2-9,11-12H,10H2,1H3,(H,23,27)(H,24,26)/t12-/m1/s1. The number of nitrogens with zero attached hydrogens (tertiary/aromatic N) is 2. The largest absolute Gasteiger partial charge is 0.479 e. The maximum absolute atomic E-state index is 12.5. The fourth-order valence-electron chi connectivity index (χ4n) is 2.86. The van der Waals surface area contributed by atoms with Gasteiger partial charge in [-0.25, -0.2) is 0 Å². The Bertz CT molecular complexity index is 1060. The molecule has 0 saturated heterocycles. The molecule has 8 heteroatoms. The molecule has 2 aromatic carbocycles. The highest BCUT2D eigenvalue weighted by Crippen LogP contribution is 2.32. The second-order valence-corrected chi connectivity index (χ2v) is 6.84. The maximum Gasteiger partial charge on any atom is 0.265 e. The summed E-state index contributed by atoms with van der Waals surface area (Å²) in [6.07, 6.45) is 2.61. The lowest BCUT2D eigenvalue weighted by atomic mass is 10.2. The number of ether oxygens (including phenoxy) is 1. The minimum absolute atomic E-state index is 0.225. The van der Waals surface area contributed by atoms with Gasteiger partial charge in [0.1, 0.15) is 5.75 Å². The number of hydrogen-bond acceptors (Lipinski definition) is 4. The molecule has 0 fully saturated rings. The van der Waals surface area contributed by atoms with Crippen LogP contribution in [-0.2, 0) is 11.3 Å². The number of carbonyl (C=O) groups is 2. The van der Waals surface area contributed by atoms with E-state index in [1.807, 2.05) is 24.3 Å². The van der Waals surface area contributed by atoms with Gasteiger partial charge in [0.2, 0.25) is 0 Å². The van der Waals surface area contributed by atoms with E-state index in [1.54, 1.807) is 36.0 Å². The predicted octanol–water partition coefficient (Wildman–Crippen LogP) is 3.56. The minimum Gasteiger partial charge on any atom is -0.479 e. The monoisotopic (exact) mass is 396 g/mol. The van der Waals surface area contributed by atoms with Crippen LogP contribution < -0.4 is 15.4 Å². The van der Waals surface area contributed by atoms with Crippen molar-refractivity contribution < 1.29 is 14.3 Å². The van der Waals surface area contributed by atoms with Crippen molar-refractivity contribution in [2.45, 2.75) is 19.6 Å². The summed E-state index contributed by atoms with van der Waals surface area (Å²) in [6, 6.07) is 12.6. The highest BCUT2D eigenvalue weighted by atomic mass is 35.5. The summed E-state index contributed by atoms with van der Waals surface area (Å²) in [7, 11) is 0. The van der Waals surface area contributed by atoms with Gasteiger partial charge in [-0.1, -0.05) is 29.8 Å². The van der Waals surface area contributed by atoms with Crippen LogP contribution in [0.5, 0.6) is 5.75 Å². The zero-order valence-corrected chi connectivity index (χ0v) is 15.7. The minimum atomic E-state index is -0.545. The molecular formula is C20H17ClN4O3. The first-order chi connectivity index (χ1) is 13.5. The van der Waals surface area contributed by atoms with E-state index >= 15 is 0 Å². The van der Waals surface area contributed by atoms with Gasteiger partial charge >= 0.3 is 0 Å². The van der Waals surface area contributed by atoms with Crippen molar-refractivity contribution in [1.82, 2.24) is 9.78 Å². The number of hydrogen-bond donors (Lipinski definition) is 2. The van der Waals surface area contributed by atoms with Crippen LogP contribution in [0.2, 0.25) is 5.02 Å². The summed E-state index contributed by atoms with van der Waals surface area (Å²) in [4.78, 5) is 24.3. The van der Waals surface area contributed by atoms with Crippen molar-refractivity contribution >= 4 is 34.8 Å². The number of rotatable bonds is 4. The van der Waals surface area contributed by atoms with Gasteiger partial charge in [-0.05, 0) is 36.8 Å². The molecule has 1 aliphatic rings. The third-order valence-electron chi connectivity index (χ3n) is 4.35. The van der Waals surface area contributed by atoms with Crippen LogP contribution in [-0.4, -0.2) is 27.7 Å². The van der Waals surface area contributed by atoms with Gasteiger partial charge < -0.3 is 15.4 Å². The van der Waals surface area contributed by atoms with Gasteiger partial charge in [0, 0.05) is 16.9 Å². The molecule has 1 atom stereocenters. The van der Waals surface area contributed by atoms with E-state index in [0.29, 0.717) is 34.3 Å². The van der Waals surface area contributed by atoms with Crippen LogP contribution in [0.3, 0.4) is 0 Å². The number of anilines is 2. The van der Waals surface area contributed by atoms with Gasteiger partial charge in [0.05, 0.1) is 24.0 Å². The molecule has 1 aromatic heterocycles. The zero-order chi connectivity index (χ0) is 19.7. The predicted molar refractivity (Wildman–Crippen MR) is 106 cm³/mol. The molecule has 2 heterocycles. The Kier molecular flexibility index (Phi) is 4.75. The summed E-state index contributed by atoms with van der Waals surface area (Å²) in [5.74, 6) is 0.0382. The molecule has 1 aliphatic heterocycles. The Balaban J connectivity index is 1.46. The second-order valence-electron chi connectivity index (χ2n) is 6.43. The fraction of sp³-hybridized carbons (Fsp3) is 0.150. The number of halogens is 1. The normalized spacial score (nSPS) is 15.4. The van der Waals surface area contributed by atoms with Crippen LogP contribution >= 0.6 is 11.6 Å². The second kappa shape index (κ2) is 7.36. The molecule has 2 amide bonds. The lowest BCUT2D eigenvalue weighted by Gasteiger charge is -2.23. The highest BCUT2D eigenvalue weighted by Gasteiger charge is 2.23. The van der Waals surface area contributed by atoms with Crippen molar-refractivity contribution in [2.24, 2.45) is 0 Å². The number of benzene rings is 2. The summed E-state index contributed by atoms with van der Waals surface area (Å²) < 4.78 is 7.16. The van der Waals surface area contributed by atoms with Crippen LogP contribution in [0.4, 0.5) is 11.4 Å². The van der Waals surface area contributed by atoms with Crippen molar-refractivity contribution in [3.05, 3.63) is 71.0 Å². The van der Waals surface area contributed by atoms with Gasteiger partial charge in [-0.15, -0.1) is 0 Å². The van der Waals surface area contributed by atoms with E-state index in [-0.39, 0.29) is 11.8 Å². The average molecular weight is 397 g/mol. The Morgan fingerprint density at radius 2 is 2.14 bits per heavy atom. The van der Waals surface area contributed by atoms with Gasteiger partial charge in [0.15, 0.2) is 6.10 Å². The molecule has 0 spiro atoms. The molecule has 7 nitrogen and oxygen atoms in total. The zero-order valence-electron chi connectivity index (χ0n) is 15.0. The van der Waals surface area contributed by atoms with Crippen molar-refractivity contribution in [3.8, 4) is 5.75 Å². The summed E-state index contributed by atoms with van der Waals surface area (Å²) in [5.41, 5.74) is 2.40. The molecule has 0 radical (unpaired) electrons. The van der Waals surface area contributed by atoms with E-state index < -0.39 is 6.10 Å². The van der Waals surface area contributed by atoms with E-state index in [4.69, 9.17) is 16.3 Å². The van der Waals surface area contributed by atoms with Crippen LogP contribution in [0.15, 0.2) is 54.9 Å². The molecule has 28 heavy (non-hydrogen) atoms. The molecule has 0 aliphatic carbocycles. The van der Waals surface area contributed by atoms with Crippen LogP contribution in [0.25, 0.3) is 0 Å². The first-order valence-corrected chi connectivity index (χ1v) is 9.06. The van der Waals surface area contributed by atoms with Gasteiger partial charge in [-0.3, -0.25) is 14.3 Å². The molecule has 0 saturated carbocycles. The van der Waals surface area contributed by atoms with Crippen molar-refractivity contribution in [1.29, 1.82) is 0 Å². The van der Waals surface area contributed by atoms with Crippen molar-refractivity contribution in [2.75, 3.05) is 10.6 Å².